The van der Waals surface area contributed by atoms with Crippen molar-refractivity contribution in [2.24, 2.45) is 5.41 Å². The molecule has 1 aliphatic carbocycles. The Morgan fingerprint density at radius 1 is 1.30 bits per heavy atom. The average molecular weight is 366 g/mol. The van der Waals surface area contributed by atoms with Crippen LogP contribution >= 0.6 is 0 Å². The van der Waals surface area contributed by atoms with Crippen LogP contribution in [-0.2, 0) is 16.6 Å². The van der Waals surface area contributed by atoms with Crippen LogP contribution in [0.4, 0.5) is 0 Å². The van der Waals surface area contributed by atoms with Gasteiger partial charge in [0.2, 0.25) is 5.91 Å². The number of aromatic amines is 1. The highest BCUT2D eigenvalue weighted by molar-refractivity contribution is 5.81. The van der Waals surface area contributed by atoms with Crippen molar-refractivity contribution in [3.8, 4) is 11.4 Å². The number of carbonyl (C=O) groups is 1. The second-order valence-electron chi connectivity index (χ2n) is 8.84. The molecular weight excluding hydrogens is 340 g/mol. The summed E-state index contributed by atoms with van der Waals surface area (Å²) in [4.78, 5) is 39.5. The predicted octanol–water partition coefficient (Wildman–Crippen LogP) is 2.68. The molecule has 1 atom stereocenters. The fourth-order valence-electron chi connectivity index (χ4n) is 4.47. The molecule has 6 nitrogen and oxygen atoms in total. The number of hydrogen-bond donors (Lipinski definition) is 1. The number of nitrogens with one attached hydrogen (secondary N) is 1. The molecule has 1 aliphatic heterocycles. The molecule has 0 saturated carbocycles. The number of hydrogen-bond acceptors (Lipinski definition) is 4. The summed E-state index contributed by atoms with van der Waals surface area (Å²) < 4.78 is 0. The number of pyridine rings is 1. The van der Waals surface area contributed by atoms with Gasteiger partial charge in [-0.3, -0.25) is 14.6 Å². The topological polar surface area (TPSA) is 79.0 Å². The summed E-state index contributed by atoms with van der Waals surface area (Å²) in [5.74, 6) is 0.736. The molecule has 1 amide bonds. The number of H-pyrrole nitrogens is 1. The molecular formula is C21H26N4O2. The Balaban J connectivity index is 1.75. The summed E-state index contributed by atoms with van der Waals surface area (Å²) >= 11 is 0. The molecule has 0 bridgehead atoms. The molecule has 142 valence electrons. The fraction of sp³-hybridized carbons (Fsp3) is 0.524. The van der Waals surface area contributed by atoms with Gasteiger partial charge in [0, 0.05) is 47.4 Å². The fourth-order valence-corrected chi connectivity index (χ4v) is 4.47. The van der Waals surface area contributed by atoms with Gasteiger partial charge in [-0.25, -0.2) is 4.98 Å². The monoisotopic (exact) mass is 366 g/mol. The molecule has 1 fully saturated rings. The van der Waals surface area contributed by atoms with E-state index in [2.05, 4.69) is 9.97 Å². The molecule has 6 heteroatoms. The molecule has 2 aromatic heterocycles. The highest BCUT2D eigenvalue weighted by Crippen LogP contribution is 2.44. The van der Waals surface area contributed by atoms with E-state index in [1.807, 2.05) is 37.8 Å². The molecule has 3 heterocycles. The quantitative estimate of drug-likeness (QED) is 0.842. The number of carbonyl (C=O) groups excluding carboxylic acids is 1. The molecule has 1 saturated heterocycles. The van der Waals surface area contributed by atoms with Crippen LogP contribution < -0.4 is 5.56 Å². The lowest BCUT2D eigenvalue weighted by Gasteiger charge is -2.42. The second kappa shape index (κ2) is 6.29. The van der Waals surface area contributed by atoms with Crippen molar-refractivity contribution in [2.75, 3.05) is 13.1 Å². The first-order valence-corrected chi connectivity index (χ1v) is 9.64. The van der Waals surface area contributed by atoms with Gasteiger partial charge in [-0.2, -0.15) is 0 Å². The molecule has 1 spiro atoms. The van der Waals surface area contributed by atoms with Crippen LogP contribution in [0, 0.1) is 5.41 Å². The third-order valence-corrected chi connectivity index (χ3v) is 5.81. The van der Waals surface area contributed by atoms with Crippen molar-refractivity contribution in [1.82, 2.24) is 19.9 Å². The van der Waals surface area contributed by atoms with Crippen molar-refractivity contribution >= 4 is 5.91 Å². The zero-order chi connectivity index (χ0) is 19.2. The largest absolute Gasteiger partial charge is 0.341 e. The van der Waals surface area contributed by atoms with E-state index < -0.39 is 5.41 Å². The summed E-state index contributed by atoms with van der Waals surface area (Å²) in [6.45, 7) is 7.32. The zero-order valence-electron chi connectivity index (χ0n) is 16.2. The van der Waals surface area contributed by atoms with Crippen LogP contribution in [0.25, 0.3) is 11.4 Å². The van der Waals surface area contributed by atoms with Crippen LogP contribution in [0.3, 0.4) is 0 Å². The maximum Gasteiger partial charge on any atom is 0.254 e. The van der Waals surface area contributed by atoms with Gasteiger partial charge < -0.3 is 9.88 Å². The number of aromatic nitrogens is 3. The molecule has 1 N–H and O–H groups in total. The smallest absolute Gasteiger partial charge is 0.254 e. The van der Waals surface area contributed by atoms with Gasteiger partial charge in [0.05, 0.1) is 5.69 Å². The van der Waals surface area contributed by atoms with Gasteiger partial charge in [-0.1, -0.05) is 20.8 Å². The minimum atomic E-state index is -0.400. The van der Waals surface area contributed by atoms with Crippen LogP contribution in [0.5, 0.6) is 0 Å². The Morgan fingerprint density at radius 3 is 2.81 bits per heavy atom. The van der Waals surface area contributed by atoms with Crippen LogP contribution in [0.1, 0.15) is 51.3 Å². The number of nitrogens with zero attached hydrogens (tertiary/aromatic N) is 3. The maximum absolute atomic E-state index is 12.9. The van der Waals surface area contributed by atoms with E-state index in [9.17, 15) is 9.59 Å². The molecule has 0 radical (unpaired) electrons. The van der Waals surface area contributed by atoms with Crippen molar-refractivity contribution in [3.05, 3.63) is 46.1 Å². The summed E-state index contributed by atoms with van der Waals surface area (Å²) in [6.07, 6.45) is 6.93. The van der Waals surface area contributed by atoms with E-state index in [0.29, 0.717) is 12.4 Å². The van der Waals surface area contributed by atoms with Gasteiger partial charge >= 0.3 is 0 Å². The number of fused-ring (bicyclic) bond motifs is 2. The summed E-state index contributed by atoms with van der Waals surface area (Å²) in [5.41, 5.74) is 1.80. The first-order valence-electron chi connectivity index (χ1n) is 9.64. The highest BCUT2D eigenvalue weighted by atomic mass is 16.2. The molecule has 0 aromatic carbocycles. The van der Waals surface area contributed by atoms with E-state index in [0.717, 1.165) is 49.0 Å². The van der Waals surface area contributed by atoms with E-state index in [1.165, 1.54) is 0 Å². The Hall–Kier alpha value is -2.50. The second-order valence-corrected chi connectivity index (χ2v) is 8.84. The summed E-state index contributed by atoms with van der Waals surface area (Å²) in [6, 6.07) is 3.73. The molecule has 2 aromatic rings. The van der Waals surface area contributed by atoms with Crippen molar-refractivity contribution in [2.45, 2.75) is 51.9 Å². The van der Waals surface area contributed by atoms with Crippen molar-refractivity contribution in [1.29, 1.82) is 0 Å². The Bertz CT molecular complexity index is 929. The lowest BCUT2D eigenvalue weighted by atomic mass is 9.76. The summed E-state index contributed by atoms with van der Waals surface area (Å²) in [5, 5.41) is 0. The lowest BCUT2D eigenvalue weighted by Crippen LogP contribution is -2.51. The lowest BCUT2D eigenvalue weighted by molar-refractivity contribution is -0.141. The molecule has 1 unspecified atom stereocenters. The van der Waals surface area contributed by atoms with Crippen LogP contribution in [0.2, 0.25) is 0 Å². The summed E-state index contributed by atoms with van der Waals surface area (Å²) in [7, 11) is 0. The zero-order valence-corrected chi connectivity index (χ0v) is 16.2. The van der Waals surface area contributed by atoms with Crippen LogP contribution in [0.15, 0.2) is 29.3 Å². The minimum Gasteiger partial charge on any atom is -0.341 e. The van der Waals surface area contributed by atoms with Crippen molar-refractivity contribution < 1.29 is 4.79 Å². The Kier molecular flexibility index (Phi) is 4.17. The first kappa shape index (κ1) is 17.9. The van der Waals surface area contributed by atoms with Gasteiger partial charge in [-0.05, 0) is 37.8 Å². The Labute approximate surface area is 159 Å². The van der Waals surface area contributed by atoms with Crippen molar-refractivity contribution in [3.63, 3.8) is 0 Å². The van der Waals surface area contributed by atoms with E-state index in [1.54, 1.807) is 12.4 Å². The minimum absolute atomic E-state index is 0.0602. The maximum atomic E-state index is 12.9. The van der Waals surface area contributed by atoms with E-state index in [4.69, 9.17) is 4.98 Å². The SMILES string of the molecule is CC(C)(C)C(=O)N1CCCC2(CCc3c2nc(-c2cccnc2)[nH]c3=O)C1. The van der Waals surface area contributed by atoms with E-state index in [-0.39, 0.29) is 16.9 Å². The number of likely N-dealkylation sites (tertiary alicyclic amines) is 1. The predicted molar refractivity (Wildman–Crippen MR) is 103 cm³/mol. The number of amides is 1. The van der Waals surface area contributed by atoms with Crippen LogP contribution in [-0.4, -0.2) is 38.8 Å². The van der Waals surface area contributed by atoms with Gasteiger partial charge in [0.15, 0.2) is 0 Å². The normalized spacial score (nSPS) is 22.1. The van der Waals surface area contributed by atoms with E-state index >= 15 is 0 Å². The van der Waals surface area contributed by atoms with Gasteiger partial charge in [-0.15, -0.1) is 0 Å². The molecule has 4 rings (SSSR count). The van der Waals surface area contributed by atoms with Gasteiger partial charge in [0.1, 0.15) is 5.82 Å². The third kappa shape index (κ3) is 3.07. The average Bonchev–Trinajstić information content (AvgIpc) is 2.99. The standard InChI is InChI=1S/C21H26N4O2/c1-20(2,3)19(27)25-11-5-8-21(13-25)9-7-15-16(21)23-17(24-18(15)26)14-6-4-10-22-12-14/h4,6,10,12H,5,7-9,11,13H2,1-3H3,(H,23,24,26). The molecule has 27 heavy (non-hydrogen) atoms. The van der Waals surface area contributed by atoms with Gasteiger partial charge in [0.25, 0.3) is 5.56 Å². The number of piperidine rings is 1. The molecule has 2 aliphatic rings. The third-order valence-electron chi connectivity index (χ3n) is 5.81. The number of rotatable bonds is 1. The Morgan fingerprint density at radius 2 is 2.11 bits per heavy atom. The first-order chi connectivity index (χ1) is 12.8. The highest BCUT2D eigenvalue weighted by Gasteiger charge is 2.46.